The largest absolute Gasteiger partial charge is 0.397 e. The number of rotatable bonds is 7. The summed E-state index contributed by atoms with van der Waals surface area (Å²) in [5.74, 6) is 1.94. The molecule has 232 valence electrons. The highest BCUT2D eigenvalue weighted by Gasteiger charge is 2.56. The number of carbonyl (C=O) groups excluding carboxylic acids is 2. The summed E-state index contributed by atoms with van der Waals surface area (Å²) in [5, 5.41) is 7.57. The molecule has 0 radical (unpaired) electrons. The molecule has 3 unspecified atom stereocenters. The van der Waals surface area contributed by atoms with E-state index >= 15 is 0 Å². The lowest BCUT2D eigenvalue weighted by atomic mass is 9.92. The van der Waals surface area contributed by atoms with Crippen molar-refractivity contribution in [1.29, 1.82) is 0 Å². The summed E-state index contributed by atoms with van der Waals surface area (Å²) in [6.45, 7) is 18.9. The second-order valence-corrected chi connectivity index (χ2v) is 12.3. The van der Waals surface area contributed by atoms with Crippen LogP contribution >= 0.6 is 0 Å². The van der Waals surface area contributed by atoms with Crippen molar-refractivity contribution in [2.24, 2.45) is 17.8 Å². The lowest BCUT2D eigenvalue weighted by Crippen LogP contribution is -2.51. The van der Waals surface area contributed by atoms with Crippen molar-refractivity contribution in [2.75, 3.05) is 77.6 Å². The zero-order chi connectivity index (χ0) is 30.6. The number of nitrogens with zero attached hydrogens (tertiary/aromatic N) is 4. The fraction of sp³-hybridized carbons (Fsp3) is 0.647. The number of fused-ring (bicyclic) bond motifs is 1. The van der Waals surface area contributed by atoms with E-state index in [9.17, 15) is 9.59 Å². The van der Waals surface area contributed by atoms with Crippen LogP contribution in [0.1, 0.15) is 51.7 Å². The van der Waals surface area contributed by atoms with Gasteiger partial charge in [-0.3, -0.25) is 9.59 Å². The van der Waals surface area contributed by atoms with E-state index < -0.39 is 0 Å². The molecule has 1 aromatic carbocycles. The average molecular weight is 581 g/mol. The molecule has 8 nitrogen and oxygen atoms in total. The molecule has 0 aromatic heterocycles. The van der Waals surface area contributed by atoms with Gasteiger partial charge < -0.3 is 29.4 Å². The average Bonchev–Trinajstić information content (AvgIpc) is 3.44. The van der Waals surface area contributed by atoms with Gasteiger partial charge in [-0.1, -0.05) is 31.6 Å². The van der Waals surface area contributed by atoms with Gasteiger partial charge in [-0.25, -0.2) is 0 Å². The van der Waals surface area contributed by atoms with Crippen LogP contribution in [0.4, 0.5) is 5.69 Å². The summed E-state index contributed by atoms with van der Waals surface area (Å²) in [5.41, 5.74) is 8.40. The van der Waals surface area contributed by atoms with E-state index in [1.165, 1.54) is 28.1 Å². The Bertz CT molecular complexity index is 1190. The van der Waals surface area contributed by atoms with E-state index in [2.05, 4.69) is 62.6 Å². The number of hydrogen-bond acceptors (Lipinski definition) is 6. The molecule has 2 saturated heterocycles. The summed E-state index contributed by atoms with van der Waals surface area (Å²) in [6, 6.07) is 6.47. The van der Waals surface area contributed by atoms with E-state index in [1.54, 1.807) is 6.92 Å². The fourth-order valence-electron chi connectivity index (χ4n) is 6.84. The number of allylic oxidation sites excluding steroid dienone is 2. The van der Waals surface area contributed by atoms with Gasteiger partial charge >= 0.3 is 0 Å². The number of hydrogen-bond donors (Lipinski definition) is 1. The second kappa shape index (κ2) is 14.1. The van der Waals surface area contributed by atoms with Crippen LogP contribution in [0.15, 0.2) is 40.6 Å². The third kappa shape index (κ3) is 6.70. The first kappa shape index (κ1) is 32.1. The molecule has 2 aliphatic carbocycles. The quantitative estimate of drug-likeness (QED) is 0.492. The number of likely N-dealkylation sites (N-methyl/N-ethyl adjacent to an activating group) is 1. The maximum Gasteiger partial charge on any atom is 0.254 e. The molecule has 1 N–H and O–H groups in total. The number of anilines is 1. The zero-order valence-corrected chi connectivity index (χ0v) is 26.9. The first-order chi connectivity index (χ1) is 20.1. The Morgan fingerprint density at radius 3 is 2.29 bits per heavy atom. The Morgan fingerprint density at radius 2 is 1.67 bits per heavy atom. The number of benzene rings is 1. The minimum absolute atomic E-state index is 0.146. The van der Waals surface area contributed by atoms with Gasteiger partial charge in [-0.2, -0.15) is 0 Å². The third-order valence-electron chi connectivity index (χ3n) is 9.76. The predicted molar refractivity (Wildman–Crippen MR) is 168 cm³/mol. The minimum Gasteiger partial charge on any atom is -0.397 e. The van der Waals surface area contributed by atoms with E-state index in [-0.39, 0.29) is 18.4 Å². The first-order valence-corrected chi connectivity index (χ1v) is 15.9. The van der Waals surface area contributed by atoms with Gasteiger partial charge in [0.05, 0.1) is 19.8 Å². The number of carbonyl (C=O) groups is 2. The van der Waals surface area contributed by atoms with E-state index in [0.29, 0.717) is 50.6 Å². The summed E-state index contributed by atoms with van der Waals surface area (Å²) in [7, 11) is 2.05. The highest BCUT2D eigenvalue weighted by molar-refractivity contribution is 5.99. The van der Waals surface area contributed by atoms with Crippen LogP contribution in [0.3, 0.4) is 0 Å². The smallest absolute Gasteiger partial charge is 0.254 e. The maximum absolute atomic E-state index is 13.9. The lowest BCUT2D eigenvalue weighted by Gasteiger charge is -2.38. The molecule has 0 bridgehead atoms. The molecule has 42 heavy (non-hydrogen) atoms. The standard InChI is InChI=1S/C32H46N4O3.C2H6O/c1-7-21(2)29(32(38)36-15-17-39-18-16-36)31-27(19-25-24(5)30(25)31)33(6)20-28(37)35-13-11-34(12-14-35)26-10-8-9-22(3)23(26)4;1-2-3/h8-10,24-25,30H,7,11-20H2,1-6H3;3H,2H2,1H3/b29-21-;. The first-order valence-electron chi connectivity index (χ1n) is 15.9. The minimum atomic E-state index is 0.146. The van der Waals surface area contributed by atoms with Crippen molar-refractivity contribution < 1.29 is 19.4 Å². The molecule has 1 saturated carbocycles. The Balaban J connectivity index is 0.00000129. The molecule has 0 spiro atoms. The molecule has 8 heteroatoms. The number of aryl methyl sites for hydroxylation is 1. The van der Waals surface area contributed by atoms with Crippen molar-refractivity contribution in [3.63, 3.8) is 0 Å². The normalized spacial score (nSPS) is 24.1. The molecule has 5 rings (SSSR count). The van der Waals surface area contributed by atoms with Crippen molar-refractivity contribution in [3.05, 3.63) is 51.7 Å². The van der Waals surface area contributed by atoms with E-state index in [0.717, 1.165) is 50.2 Å². The van der Waals surface area contributed by atoms with E-state index in [1.807, 2.05) is 16.8 Å². The van der Waals surface area contributed by atoms with Crippen LogP contribution < -0.4 is 4.90 Å². The highest BCUT2D eigenvalue weighted by atomic mass is 16.5. The molecule has 2 aliphatic heterocycles. The number of piperazine rings is 1. The number of aliphatic hydroxyl groups is 1. The van der Waals surface area contributed by atoms with Crippen molar-refractivity contribution in [2.45, 2.75) is 54.4 Å². The van der Waals surface area contributed by atoms with Gasteiger partial charge in [0.2, 0.25) is 5.91 Å². The second-order valence-electron chi connectivity index (χ2n) is 12.3. The van der Waals surface area contributed by atoms with Crippen LogP contribution in [-0.2, 0) is 14.3 Å². The molecule has 2 heterocycles. The predicted octanol–water partition coefficient (Wildman–Crippen LogP) is 4.01. The molecular weight excluding hydrogens is 528 g/mol. The van der Waals surface area contributed by atoms with Crippen molar-refractivity contribution in [3.8, 4) is 0 Å². The Kier molecular flexibility index (Phi) is 10.8. The molecule has 3 fully saturated rings. The van der Waals surface area contributed by atoms with Crippen LogP contribution in [0.5, 0.6) is 0 Å². The van der Waals surface area contributed by atoms with Gasteiger partial charge in [0.25, 0.3) is 5.91 Å². The Labute approximate surface area is 253 Å². The number of amides is 2. The third-order valence-corrected chi connectivity index (χ3v) is 9.76. The van der Waals surface area contributed by atoms with Gasteiger partial charge in [0.1, 0.15) is 0 Å². The monoisotopic (exact) mass is 580 g/mol. The van der Waals surface area contributed by atoms with Crippen LogP contribution in [0.25, 0.3) is 0 Å². The number of ether oxygens (including phenoxy) is 1. The summed E-state index contributed by atoms with van der Waals surface area (Å²) in [4.78, 5) is 35.9. The van der Waals surface area contributed by atoms with Crippen molar-refractivity contribution >= 4 is 17.5 Å². The Morgan fingerprint density at radius 1 is 1.02 bits per heavy atom. The molecule has 1 aromatic rings. The number of aliphatic hydroxyl groups excluding tert-OH is 1. The van der Waals surface area contributed by atoms with E-state index in [4.69, 9.17) is 9.84 Å². The maximum atomic E-state index is 13.9. The van der Waals surface area contributed by atoms with Gasteiger partial charge in [0.15, 0.2) is 0 Å². The van der Waals surface area contributed by atoms with Gasteiger partial charge in [0, 0.05) is 69.9 Å². The van der Waals surface area contributed by atoms with Crippen LogP contribution in [0.2, 0.25) is 0 Å². The van der Waals surface area contributed by atoms with Crippen LogP contribution in [-0.4, -0.2) is 104 Å². The molecule has 4 aliphatic rings. The SMILES string of the molecule is CC/C(C)=C(\C(=O)N1CCOCC1)C1=C(N(C)CC(=O)N2CCN(c3cccc(C)c3C)CC2)CC2C(C)C12.CCO. The molecule has 3 atom stereocenters. The van der Waals surface area contributed by atoms with Gasteiger partial charge in [-0.15, -0.1) is 0 Å². The van der Waals surface area contributed by atoms with Crippen LogP contribution in [0, 0.1) is 31.6 Å². The Hall–Kier alpha value is -2.84. The summed E-state index contributed by atoms with van der Waals surface area (Å²) < 4.78 is 5.52. The van der Waals surface area contributed by atoms with Crippen molar-refractivity contribution in [1.82, 2.24) is 14.7 Å². The van der Waals surface area contributed by atoms with Gasteiger partial charge in [-0.05, 0) is 81.1 Å². The summed E-state index contributed by atoms with van der Waals surface area (Å²) >= 11 is 0. The molecular formula is C34H52N4O4. The zero-order valence-electron chi connectivity index (χ0n) is 26.9. The fourth-order valence-corrected chi connectivity index (χ4v) is 6.84. The number of morpholine rings is 1. The lowest BCUT2D eigenvalue weighted by molar-refractivity contribution is -0.132. The topological polar surface area (TPSA) is 76.6 Å². The highest BCUT2D eigenvalue weighted by Crippen LogP contribution is 2.62. The summed E-state index contributed by atoms with van der Waals surface area (Å²) in [6.07, 6.45) is 1.81. The molecule has 2 amide bonds.